The molecule has 70 valence electrons. The minimum Gasteiger partial charge on any atom is -0.212 e. The third-order valence-electron chi connectivity index (χ3n) is 2.57. The van der Waals surface area contributed by atoms with E-state index in [1.807, 2.05) is 11.8 Å². The van der Waals surface area contributed by atoms with E-state index in [0.717, 1.165) is 18.7 Å². The van der Waals surface area contributed by atoms with Gasteiger partial charge in [-0.2, -0.15) is 16.1 Å². The van der Waals surface area contributed by atoms with Crippen molar-refractivity contribution >= 4 is 21.8 Å². The molecule has 5 heteroatoms. The van der Waals surface area contributed by atoms with Crippen molar-refractivity contribution in [3.05, 3.63) is 0 Å². The second-order valence-corrected chi connectivity index (χ2v) is 6.86. The highest BCUT2D eigenvalue weighted by molar-refractivity contribution is 8.00. The van der Waals surface area contributed by atoms with Crippen LogP contribution in [0.1, 0.15) is 13.3 Å². The summed E-state index contributed by atoms with van der Waals surface area (Å²) in [6.45, 7) is 2.47. The van der Waals surface area contributed by atoms with Crippen LogP contribution < -0.4 is 0 Å². The van der Waals surface area contributed by atoms with Gasteiger partial charge >= 0.3 is 0 Å². The second-order valence-electron chi connectivity index (χ2n) is 3.32. The lowest BCUT2D eigenvalue weighted by Gasteiger charge is -2.24. The topological polar surface area (TPSA) is 37.4 Å². The molecule has 2 aliphatic heterocycles. The molecule has 0 aliphatic carbocycles. The molecule has 0 spiro atoms. The van der Waals surface area contributed by atoms with Gasteiger partial charge in [-0.3, -0.25) is 0 Å². The average molecular weight is 207 g/mol. The van der Waals surface area contributed by atoms with E-state index >= 15 is 0 Å². The molecule has 0 aromatic carbocycles. The first-order chi connectivity index (χ1) is 5.63. The molecular formula is C7H13NO2S2. The number of sulfonamides is 1. The minimum absolute atomic E-state index is 0.251. The summed E-state index contributed by atoms with van der Waals surface area (Å²) in [5.41, 5.74) is 0. The van der Waals surface area contributed by atoms with E-state index < -0.39 is 10.0 Å². The van der Waals surface area contributed by atoms with Crippen LogP contribution in [0.4, 0.5) is 0 Å². The van der Waals surface area contributed by atoms with Crippen LogP contribution in [0.3, 0.4) is 0 Å². The lowest BCUT2D eigenvalue weighted by atomic mass is 10.3. The van der Waals surface area contributed by atoms with Gasteiger partial charge in [-0.05, 0) is 13.3 Å². The van der Waals surface area contributed by atoms with E-state index in [2.05, 4.69) is 0 Å². The van der Waals surface area contributed by atoms with E-state index in [-0.39, 0.29) is 5.75 Å². The highest BCUT2D eigenvalue weighted by atomic mass is 32.2. The summed E-state index contributed by atoms with van der Waals surface area (Å²) in [5, 5.41) is 0.580. The molecule has 2 bridgehead atoms. The quantitative estimate of drug-likeness (QED) is 0.662. The predicted molar refractivity (Wildman–Crippen MR) is 50.8 cm³/mol. The standard InChI is InChI=1S/C7H13NO2S2/c1-2-12(9,10)8-4-7-3-6(8)5-11-7/h6-7H,2-5H2,1H3. The van der Waals surface area contributed by atoms with Crippen LogP contribution in [-0.2, 0) is 10.0 Å². The maximum Gasteiger partial charge on any atom is 0.214 e. The Bertz CT molecular complexity index is 275. The predicted octanol–water partition coefficient (Wildman–Crippen LogP) is 0.526. The third-order valence-corrected chi connectivity index (χ3v) is 5.85. The molecule has 0 saturated carbocycles. The first kappa shape index (κ1) is 8.84. The summed E-state index contributed by atoms with van der Waals surface area (Å²) in [6, 6.07) is 0.310. The summed E-state index contributed by atoms with van der Waals surface area (Å²) in [6.07, 6.45) is 1.07. The average Bonchev–Trinajstić information content (AvgIpc) is 2.64. The maximum atomic E-state index is 11.5. The number of thioether (sulfide) groups is 1. The zero-order chi connectivity index (χ0) is 8.77. The molecule has 0 N–H and O–H groups in total. The van der Waals surface area contributed by atoms with Crippen LogP contribution in [0.2, 0.25) is 0 Å². The molecule has 2 rings (SSSR count). The summed E-state index contributed by atoms with van der Waals surface area (Å²) in [4.78, 5) is 0. The Hall–Kier alpha value is 0.260. The minimum atomic E-state index is -2.91. The van der Waals surface area contributed by atoms with Crippen molar-refractivity contribution in [1.82, 2.24) is 4.31 Å². The molecule has 3 nitrogen and oxygen atoms in total. The van der Waals surface area contributed by atoms with Crippen LogP contribution >= 0.6 is 11.8 Å². The Morgan fingerprint density at radius 2 is 2.33 bits per heavy atom. The molecule has 2 fully saturated rings. The Morgan fingerprint density at radius 3 is 2.75 bits per heavy atom. The van der Waals surface area contributed by atoms with Crippen molar-refractivity contribution in [1.29, 1.82) is 0 Å². The zero-order valence-corrected chi connectivity index (χ0v) is 8.70. The molecule has 0 radical (unpaired) electrons. The molecule has 2 atom stereocenters. The molecule has 0 aromatic heterocycles. The van der Waals surface area contributed by atoms with Crippen molar-refractivity contribution in [3.8, 4) is 0 Å². The zero-order valence-electron chi connectivity index (χ0n) is 7.06. The van der Waals surface area contributed by atoms with Crippen LogP contribution in [0, 0.1) is 0 Å². The Morgan fingerprint density at radius 1 is 1.58 bits per heavy atom. The van der Waals surface area contributed by atoms with E-state index in [9.17, 15) is 8.42 Å². The highest BCUT2D eigenvalue weighted by Gasteiger charge is 2.43. The van der Waals surface area contributed by atoms with Crippen LogP contribution in [0.25, 0.3) is 0 Å². The van der Waals surface area contributed by atoms with Crippen molar-refractivity contribution in [2.24, 2.45) is 0 Å². The number of hydrogen-bond donors (Lipinski definition) is 0. The van der Waals surface area contributed by atoms with Crippen molar-refractivity contribution < 1.29 is 8.42 Å². The lowest BCUT2D eigenvalue weighted by molar-refractivity contribution is 0.410. The van der Waals surface area contributed by atoms with Gasteiger partial charge in [0.2, 0.25) is 10.0 Å². The fourth-order valence-electron chi connectivity index (χ4n) is 1.87. The number of nitrogens with zero attached hydrogens (tertiary/aromatic N) is 1. The smallest absolute Gasteiger partial charge is 0.212 e. The Labute approximate surface area is 77.6 Å². The Kier molecular flexibility index (Phi) is 2.13. The monoisotopic (exact) mass is 207 g/mol. The van der Waals surface area contributed by atoms with E-state index in [4.69, 9.17) is 0 Å². The van der Waals surface area contributed by atoms with Crippen LogP contribution in [0.5, 0.6) is 0 Å². The molecule has 2 saturated heterocycles. The molecular weight excluding hydrogens is 194 g/mol. The van der Waals surface area contributed by atoms with Crippen molar-refractivity contribution in [3.63, 3.8) is 0 Å². The molecule has 0 amide bonds. The van der Waals surface area contributed by atoms with Crippen molar-refractivity contribution in [2.75, 3.05) is 18.1 Å². The van der Waals surface area contributed by atoms with E-state index in [0.29, 0.717) is 11.3 Å². The molecule has 0 aromatic rings. The molecule has 2 unspecified atom stereocenters. The largest absolute Gasteiger partial charge is 0.214 e. The molecule has 2 aliphatic rings. The second kappa shape index (κ2) is 2.89. The van der Waals surface area contributed by atoms with Gasteiger partial charge in [-0.25, -0.2) is 8.42 Å². The van der Waals surface area contributed by atoms with Gasteiger partial charge in [-0.15, -0.1) is 0 Å². The fourth-order valence-corrected chi connectivity index (χ4v) is 4.85. The molecule has 12 heavy (non-hydrogen) atoms. The summed E-state index contributed by atoms with van der Waals surface area (Å²) < 4.78 is 24.7. The third kappa shape index (κ3) is 1.28. The summed E-state index contributed by atoms with van der Waals surface area (Å²) >= 11 is 1.92. The Balaban J connectivity index is 2.17. The van der Waals surface area contributed by atoms with Gasteiger partial charge in [0.05, 0.1) is 5.75 Å². The van der Waals surface area contributed by atoms with Crippen LogP contribution in [-0.4, -0.2) is 42.1 Å². The van der Waals surface area contributed by atoms with Crippen LogP contribution in [0.15, 0.2) is 0 Å². The summed E-state index contributed by atoms with van der Waals surface area (Å²) in [5.74, 6) is 1.25. The van der Waals surface area contributed by atoms with Gasteiger partial charge in [0, 0.05) is 23.6 Å². The first-order valence-electron chi connectivity index (χ1n) is 4.24. The summed E-state index contributed by atoms with van der Waals surface area (Å²) in [7, 11) is -2.91. The van der Waals surface area contributed by atoms with Gasteiger partial charge in [0.1, 0.15) is 0 Å². The fraction of sp³-hybridized carbons (Fsp3) is 1.00. The first-order valence-corrected chi connectivity index (χ1v) is 6.90. The lowest BCUT2D eigenvalue weighted by Crippen LogP contribution is -2.39. The van der Waals surface area contributed by atoms with Gasteiger partial charge < -0.3 is 0 Å². The SMILES string of the molecule is CCS(=O)(=O)N1CC2CC1CS2. The normalized spacial score (nSPS) is 36.1. The van der Waals surface area contributed by atoms with Gasteiger partial charge in [0.25, 0.3) is 0 Å². The van der Waals surface area contributed by atoms with E-state index in [1.54, 1.807) is 11.2 Å². The highest BCUT2D eigenvalue weighted by Crippen LogP contribution is 2.38. The number of hydrogen-bond acceptors (Lipinski definition) is 3. The van der Waals surface area contributed by atoms with Gasteiger partial charge in [0.15, 0.2) is 0 Å². The maximum absolute atomic E-state index is 11.5. The van der Waals surface area contributed by atoms with Gasteiger partial charge in [-0.1, -0.05) is 0 Å². The molecule has 2 heterocycles. The number of fused-ring (bicyclic) bond motifs is 2. The number of rotatable bonds is 2. The van der Waals surface area contributed by atoms with E-state index in [1.165, 1.54) is 0 Å². The van der Waals surface area contributed by atoms with Crippen molar-refractivity contribution in [2.45, 2.75) is 24.6 Å².